The molecule has 1 rings (SSSR count). The Morgan fingerprint density at radius 2 is 2.15 bits per heavy atom. The van der Waals surface area contributed by atoms with E-state index >= 15 is 0 Å². The van der Waals surface area contributed by atoms with Crippen LogP contribution in [-0.4, -0.2) is 55.2 Å². The van der Waals surface area contributed by atoms with Crippen molar-refractivity contribution in [3.8, 4) is 0 Å². The van der Waals surface area contributed by atoms with E-state index in [4.69, 9.17) is 5.73 Å². The van der Waals surface area contributed by atoms with E-state index in [-0.39, 0.29) is 0 Å². The predicted molar refractivity (Wildman–Crippen MR) is 60.3 cm³/mol. The summed E-state index contributed by atoms with van der Waals surface area (Å²) in [5.74, 6) is 2.31. The largest absolute Gasteiger partial charge is 0.327 e. The van der Waals surface area contributed by atoms with E-state index in [0.717, 1.165) is 18.8 Å². The number of hydrogen-bond donors (Lipinski definition) is 2. The first-order chi connectivity index (χ1) is 6.29. The number of hydrogen-bond acceptors (Lipinski definition) is 4. The average molecular weight is 203 g/mol. The summed E-state index contributed by atoms with van der Waals surface area (Å²) in [5, 5.41) is 3.35. The van der Waals surface area contributed by atoms with Gasteiger partial charge in [0.2, 0.25) is 0 Å². The first kappa shape index (κ1) is 11.3. The summed E-state index contributed by atoms with van der Waals surface area (Å²) in [6, 6.07) is 0.341. The van der Waals surface area contributed by atoms with Crippen LogP contribution in [0.25, 0.3) is 0 Å². The van der Waals surface area contributed by atoms with E-state index in [9.17, 15) is 0 Å². The Balaban J connectivity index is 1.92. The molecule has 78 valence electrons. The van der Waals surface area contributed by atoms with Crippen LogP contribution < -0.4 is 11.1 Å². The summed E-state index contributed by atoms with van der Waals surface area (Å²) in [4.78, 5) is 2.52. The third kappa shape index (κ3) is 5.52. The lowest BCUT2D eigenvalue weighted by atomic mass is 10.4. The van der Waals surface area contributed by atoms with Gasteiger partial charge in [0, 0.05) is 50.3 Å². The molecule has 1 aliphatic heterocycles. The molecule has 0 aromatic rings. The van der Waals surface area contributed by atoms with Crippen molar-refractivity contribution in [3.05, 3.63) is 0 Å². The molecular weight excluding hydrogens is 182 g/mol. The molecule has 0 aromatic carbocycles. The fraction of sp³-hybridized carbons (Fsp3) is 1.00. The standard InChI is InChI=1S/C9H21N3S/c1-9(10)8-13-7-6-12-4-2-11-3-5-12/h9,11H,2-8,10H2,1H3. The van der Waals surface area contributed by atoms with E-state index in [2.05, 4.69) is 17.1 Å². The summed E-state index contributed by atoms with van der Waals surface area (Å²) in [7, 11) is 0. The number of nitrogens with one attached hydrogen (secondary N) is 1. The van der Waals surface area contributed by atoms with Crippen molar-refractivity contribution in [3.63, 3.8) is 0 Å². The Hall–Kier alpha value is 0.230. The van der Waals surface area contributed by atoms with Gasteiger partial charge in [-0.25, -0.2) is 0 Å². The summed E-state index contributed by atoms with van der Waals surface area (Å²) in [6.07, 6.45) is 0. The molecule has 13 heavy (non-hydrogen) atoms. The monoisotopic (exact) mass is 203 g/mol. The topological polar surface area (TPSA) is 41.3 Å². The van der Waals surface area contributed by atoms with Gasteiger partial charge in [0.15, 0.2) is 0 Å². The zero-order valence-electron chi connectivity index (χ0n) is 8.46. The fourth-order valence-electron chi connectivity index (χ4n) is 1.40. The van der Waals surface area contributed by atoms with Gasteiger partial charge in [0.1, 0.15) is 0 Å². The lowest BCUT2D eigenvalue weighted by Gasteiger charge is -2.26. The molecule has 0 radical (unpaired) electrons. The molecule has 0 bridgehead atoms. The molecule has 4 heteroatoms. The van der Waals surface area contributed by atoms with Gasteiger partial charge >= 0.3 is 0 Å². The van der Waals surface area contributed by atoms with Crippen LogP contribution in [0, 0.1) is 0 Å². The minimum absolute atomic E-state index is 0.341. The fourth-order valence-corrected chi connectivity index (χ4v) is 2.32. The maximum Gasteiger partial charge on any atom is 0.0108 e. The second-order valence-electron chi connectivity index (χ2n) is 3.64. The molecule has 0 saturated carbocycles. The highest BCUT2D eigenvalue weighted by atomic mass is 32.2. The summed E-state index contributed by atoms with van der Waals surface area (Å²) >= 11 is 1.97. The molecular formula is C9H21N3S. The van der Waals surface area contributed by atoms with Gasteiger partial charge in [0.05, 0.1) is 0 Å². The maximum atomic E-state index is 5.67. The predicted octanol–water partition coefficient (Wildman–Crippen LogP) is -0.0280. The van der Waals surface area contributed by atoms with Gasteiger partial charge in [0.25, 0.3) is 0 Å². The number of nitrogens with zero attached hydrogens (tertiary/aromatic N) is 1. The lowest BCUT2D eigenvalue weighted by molar-refractivity contribution is 0.255. The van der Waals surface area contributed by atoms with Crippen molar-refractivity contribution in [2.24, 2.45) is 5.73 Å². The van der Waals surface area contributed by atoms with Crippen molar-refractivity contribution < 1.29 is 0 Å². The number of rotatable bonds is 5. The van der Waals surface area contributed by atoms with E-state index in [0.29, 0.717) is 6.04 Å². The first-order valence-corrected chi connectivity index (χ1v) is 6.21. The third-order valence-corrected chi connectivity index (χ3v) is 3.37. The van der Waals surface area contributed by atoms with Crippen molar-refractivity contribution in [2.75, 3.05) is 44.2 Å². The van der Waals surface area contributed by atoms with Crippen LogP contribution in [0.15, 0.2) is 0 Å². The van der Waals surface area contributed by atoms with Crippen LogP contribution in [0.4, 0.5) is 0 Å². The Morgan fingerprint density at radius 3 is 2.77 bits per heavy atom. The zero-order chi connectivity index (χ0) is 9.52. The van der Waals surface area contributed by atoms with Gasteiger partial charge in [-0.2, -0.15) is 11.8 Å². The minimum atomic E-state index is 0.341. The van der Waals surface area contributed by atoms with Gasteiger partial charge in [-0.3, -0.25) is 4.90 Å². The molecule has 0 spiro atoms. The van der Waals surface area contributed by atoms with Gasteiger partial charge in [-0.1, -0.05) is 0 Å². The summed E-state index contributed by atoms with van der Waals surface area (Å²) < 4.78 is 0. The van der Waals surface area contributed by atoms with Crippen LogP contribution in [-0.2, 0) is 0 Å². The Kier molecular flexibility index (Phi) is 5.78. The van der Waals surface area contributed by atoms with Crippen molar-refractivity contribution in [1.82, 2.24) is 10.2 Å². The minimum Gasteiger partial charge on any atom is -0.327 e. The molecule has 1 unspecified atom stereocenters. The zero-order valence-corrected chi connectivity index (χ0v) is 9.28. The SMILES string of the molecule is CC(N)CSCCN1CCNCC1. The van der Waals surface area contributed by atoms with Gasteiger partial charge in [-0.15, -0.1) is 0 Å². The average Bonchev–Trinajstić information content (AvgIpc) is 2.14. The molecule has 3 nitrogen and oxygen atoms in total. The van der Waals surface area contributed by atoms with Gasteiger partial charge < -0.3 is 11.1 Å². The van der Waals surface area contributed by atoms with Crippen LogP contribution in [0.3, 0.4) is 0 Å². The van der Waals surface area contributed by atoms with E-state index in [1.54, 1.807) is 0 Å². The Bertz CT molecular complexity index is 124. The third-order valence-electron chi connectivity index (χ3n) is 2.14. The smallest absolute Gasteiger partial charge is 0.0108 e. The highest BCUT2D eigenvalue weighted by Crippen LogP contribution is 2.03. The molecule has 1 fully saturated rings. The van der Waals surface area contributed by atoms with Crippen molar-refractivity contribution >= 4 is 11.8 Å². The van der Waals surface area contributed by atoms with Crippen molar-refractivity contribution in [2.45, 2.75) is 13.0 Å². The van der Waals surface area contributed by atoms with E-state index in [1.807, 2.05) is 11.8 Å². The Morgan fingerprint density at radius 1 is 1.46 bits per heavy atom. The molecule has 1 saturated heterocycles. The van der Waals surface area contributed by atoms with Crippen LogP contribution in [0.2, 0.25) is 0 Å². The van der Waals surface area contributed by atoms with Crippen molar-refractivity contribution in [1.29, 1.82) is 0 Å². The van der Waals surface area contributed by atoms with Crippen LogP contribution >= 0.6 is 11.8 Å². The number of piperazine rings is 1. The number of nitrogens with two attached hydrogens (primary N) is 1. The van der Waals surface area contributed by atoms with E-state index in [1.165, 1.54) is 25.4 Å². The molecule has 0 aromatic heterocycles. The second kappa shape index (κ2) is 6.65. The molecule has 3 N–H and O–H groups in total. The van der Waals surface area contributed by atoms with E-state index < -0.39 is 0 Å². The van der Waals surface area contributed by atoms with Crippen LogP contribution in [0.5, 0.6) is 0 Å². The summed E-state index contributed by atoms with van der Waals surface area (Å²) in [5.41, 5.74) is 5.67. The first-order valence-electron chi connectivity index (χ1n) is 5.05. The Labute approximate surface area is 85.4 Å². The normalized spacial score (nSPS) is 21.7. The molecule has 1 heterocycles. The number of thioether (sulfide) groups is 1. The quantitative estimate of drug-likeness (QED) is 0.616. The lowest BCUT2D eigenvalue weighted by Crippen LogP contribution is -2.44. The van der Waals surface area contributed by atoms with Gasteiger partial charge in [-0.05, 0) is 6.92 Å². The molecule has 0 aliphatic carbocycles. The molecule has 0 amide bonds. The second-order valence-corrected chi connectivity index (χ2v) is 4.79. The highest BCUT2D eigenvalue weighted by Gasteiger charge is 2.08. The highest BCUT2D eigenvalue weighted by molar-refractivity contribution is 7.99. The maximum absolute atomic E-state index is 5.67. The molecule has 1 aliphatic rings. The van der Waals surface area contributed by atoms with Crippen LogP contribution in [0.1, 0.15) is 6.92 Å². The molecule has 1 atom stereocenters. The summed E-state index contributed by atoms with van der Waals surface area (Å²) in [6.45, 7) is 8.00.